The number of hydrogen-bond acceptors (Lipinski definition) is 8. The Labute approximate surface area is 250 Å². The number of guanidine groups is 1. The van der Waals surface area contributed by atoms with Crippen molar-refractivity contribution in [2.75, 3.05) is 19.7 Å². The van der Waals surface area contributed by atoms with Gasteiger partial charge in [-0.25, -0.2) is 0 Å². The number of phenolic OH excluding ortho intramolecular Hbond substituents is 2. The number of aromatic hydroxyl groups is 2. The second kappa shape index (κ2) is 16.3. The van der Waals surface area contributed by atoms with Crippen molar-refractivity contribution < 1.29 is 34.8 Å². The van der Waals surface area contributed by atoms with Crippen LogP contribution in [-0.2, 0) is 27.2 Å². The summed E-state index contributed by atoms with van der Waals surface area (Å²) in [7, 11) is 0. The standard InChI is InChI=1S/C30H42N6O7/c31-30(32)33-15-1-3-21(18-37)34-27(41)25-4-2-16-36(25)29(43)24(17-20-7-12-23(39)13-8-20)35-28(42)26(40)14-9-19-5-10-22(38)11-6-19/h5-8,10-13,21,24-26,37-40H,1-4,9,14-18H2,(H,34,41)(H,35,42)(H4,31,32,33)/t21-,24+,25-,26+/m0/s1. The highest BCUT2D eigenvalue weighted by Crippen LogP contribution is 2.21. The van der Waals surface area contributed by atoms with Crippen LogP contribution in [0.5, 0.6) is 11.5 Å². The zero-order valence-electron chi connectivity index (χ0n) is 24.1. The molecular weight excluding hydrogens is 556 g/mol. The summed E-state index contributed by atoms with van der Waals surface area (Å²) in [6.07, 6.45) is 1.10. The van der Waals surface area contributed by atoms with E-state index >= 15 is 0 Å². The number of carbonyl (C=O) groups is 3. The maximum absolute atomic E-state index is 13.8. The number of likely N-dealkylation sites (tertiary alicyclic amines) is 1. The number of nitrogens with two attached hydrogens (primary N) is 2. The van der Waals surface area contributed by atoms with Crippen molar-refractivity contribution in [3.63, 3.8) is 0 Å². The first kappa shape index (κ1) is 33.1. The Hall–Kier alpha value is -4.36. The SMILES string of the molecule is NC(N)=NCCC[C@@H](CO)NC(=O)[C@@H]1CCCN1C(=O)[C@@H](Cc1ccc(O)cc1)NC(=O)[C@H](O)CCc1ccc(O)cc1. The molecule has 1 heterocycles. The van der Waals surface area contributed by atoms with Crippen LogP contribution in [0.4, 0.5) is 0 Å². The Kier molecular flexibility index (Phi) is 12.6. The van der Waals surface area contributed by atoms with E-state index in [1.165, 1.54) is 29.2 Å². The van der Waals surface area contributed by atoms with E-state index in [0.29, 0.717) is 50.8 Å². The molecule has 3 amide bonds. The minimum atomic E-state index is -1.40. The molecule has 10 N–H and O–H groups in total. The van der Waals surface area contributed by atoms with Gasteiger partial charge in [-0.1, -0.05) is 24.3 Å². The molecule has 4 atom stereocenters. The number of carbonyl (C=O) groups excluding carboxylic acids is 3. The van der Waals surface area contributed by atoms with Crippen molar-refractivity contribution in [2.24, 2.45) is 16.5 Å². The molecule has 0 bridgehead atoms. The smallest absolute Gasteiger partial charge is 0.249 e. The summed E-state index contributed by atoms with van der Waals surface area (Å²) in [6, 6.07) is 10.2. The third-order valence-electron chi connectivity index (χ3n) is 7.35. The van der Waals surface area contributed by atoms with Gasteiger partial charge in [-0.3, -0.25) is 19.4 Å². The molecular formula is C30H42N6O7. The van der Waals surface area contributed by atoms with Gasteiger partial charge in [0.05, 0.1) is 12.6 Å². The normalized spacial score (nSPS) is 16.6. The molecule has 0 aliphatic carbocycles. The van der Waals surface area contributed by atoms with Crippen LogP contribution in [0.1, 0.15) is 43.2 Å². The van der Waals surface area contributed by atoms with Crippen LogP contribution in [0.2, 0.25) is 0 Å². The molecule has 2 aromatic carbocycles. The van der Waals surface area contributed by atoms with E-state index in [0.717, 1.165) is 5.56 Å². The number of amides is 3. The molecule has 0 unspecified atom stereocenters. The summed E-state index contributed by atoms with van der Waals surface area (Å²) < 4.78 is 0. The zero-order valence-corrected chi connectivity index (χ0v) is 24.1. The average molecular weight is 599 g/mol. The molecule has 13 heteroatoms. The molecule has 1 aliphatic rings. The predicted molar refractivity (Wildman–Crippen MR) is 160 cm³/mol. The number of aliphatic imine (C=N–C) groups is 1. The molecule has 0 saturated carbocycles. The molecule has 43 heavy (non-hydrogen) atoms. The van der Waals surface area contributed by atoms with Gasteiger partial charge in [0.2, 0.25) is 17.7 Å². The molecule has 0 aromatic heterocycles. The summed E-state index contributed by atoms with van der Waals surface area (Å²) in [6.45, 7) is 0.356. The summed E-state index contributed by atoms with van der Waals surface area (Å²) in [5, 5.41) is 45.0. The summed E-state index contributed by atoms with van der Waals surface area (Å²) in [4.78, 5) is 45.4. The minimum Gasteiger partial charge on any atom is -0.508 e. The van der Waals surface area contributed by atoms with Gasteiger partial charge in [0.1, 0.15) is 29.7 Å². The van der Waals surface area contributed by atoms with Crippen molar-refractivity contribution >= 4 is 23.7 Å². The second-order valence-electron chi connectivity index (χ2n) is 10.7. The number of benzene rings is 2. The molecule has 0 spiro atoms. The van der Waals surface area contributed by atoms with E-state index in [-0.39, 0.29) is 36.9 Å². The number of aliphatic hydroxyl groups is 2. The Balaban J connectivity index is 1.68. The highest BCUT2D eigenvalue weighted by atomic mass is 16.3. The first-order valence-electron chi connectivity index (χ1n) is 14.4. The maximum Gasteiger partial charge on any atom is 0.249 e. The fourth-order valence-corrected chi connectivity index (χ4v) is 4.99. The minimum absolute atomic E-state index is 0.0384. The summed E-state index contributed by atoms with van der Waals surface area (Å²) in [5.41, 5.74) is 12.1. The maximum atomic E-state index is 13.8. The molecule has 3 rings (SSSR count). The van der Waals surface area contributed by atoms with E-state index in [9.17, 15) is 34.8 Å². The Morgan fingerprint density at radius 2 is 1.58 bits per heavy atom. The van der Waals surface area contributed by atoms with Crippen LogP contribution in [0.25, 0.3) is 0 Å². The van der Waals surface area contributed by atoms with Gasteiger partial charge in [0, 0.05) is 19.5 Å². The van der Waals surface area contributed by atoms with Crippen LogP contribution in [-0.4, -0.2) is 92.9 Å². The molecule has 2 aromatic rings. The third-order valence-corrected chi connectivity index (χ3v) is 7.35. The van der Waals surface area contributed by atoms with Crippen LogP contribution in [0.15, 0.2) is 53.5 Å². The Morgan fingerprint density at radius 1 is 0.953 bits per heavy atom. The highest BCUT2D eigenvalue weighted by molar-refractivity contribution is 5.93. The highest BCUT2D eigenvalue weighted by Gasteiger charge is 2.38. The van der Waals surface area contributed by atoms with E-state index in [1.54, 1.807) is 24.3 Å². The number of nitrogens with one attached hydrogen (secondary N) is 2. The molecule has 1 aliphatic heterocycles. The van der Waals surface area contributed by atoms with Gasteiger partial charge in [-0.2, -0.15) is 0 Å². The lowest BCUT2D eigenvalue weighted by molar-refractivity contribution is -0.142. The van der Waals surface area contributed by atoms with Gasteiger partial charge in [0.25, 0.3) is 0 Å². The van der Waals surface area contributed by atoms with Crippen molar-refractivity contribution in [1.82, 2.24) is 15.5 Å². The van der Waals surface area contributed by atoms with E-state index in [1.807, 2.05) is 0 Å². The zero-order chi connectivity index (χ0) is 31.4. The van der Waals surface area contributed by atoms with Crippen LogP contribution < -0.4 is 22.1 Å². The van der Waals surface area contributed by atoms with Crippen molar-refractivity contribution in [1.29, 1.82) is 0 Å². The number of hydrogen-bond donors (Lipinski definition) is 8. The van der Waals surface area contributed by atoms with Crippen molar-refractivity contribution in [2.45, 2.75) is 69.2 Å². The van der Waals surface area contributed by atoms with E-state index < -0.39 is 42.0 Å². The van der Waals surface area contributed by atoms with Gasteiger partial charge in [-0.15, -0.1) is 0 Å². The molecule has 1 saturated heterocycles. The van der Waals surface area contributed by atoms with Crippen molar-refractivity contribution in [3.05, 3.63) is 59.7 Å². The Bertz CT molecular complexity index is 1230. The van der Waals surface area contributed by atoms with E-state index in [4.69, 9.17) is 11.5 Å². The lowest BCUT2D eigenvalue weighted by Crippen LogP contribution is -2.56. The van der Waals surface area contributed by atoms with Gasteiger partial charge < -0.3 is 47.4 Å². The lowest BCUT2D eigenvalue weighted by atomic mass is 10.0. The largest absolute Gasteiger partial charge is 0.508 e. The first-order valence-corrected chi connectivity index (χ1v) is 14.4. The van der Waals surface area contributed by atoms with E-state index in [2.05, 4.69) is 15.6 Å². The topological polar surface area (TPSA) is 224 Å². The molecule has 0 radical (unpaired) electrons. The number of rotatable bonds is 15. The fraction of sp³-hybridized carbons (Fsp3) is 0.467. The van der Waals surface area contributed by atoms with Crippen LogP contribution >= 0.6 is 0 Å². The lowest BCUT2D eigenvalue weighted by Gasteiger charge is -2.30. The number of aryl methyl sites for hydroxylation is 1. The third kappa shape index (κ3) is 10.5. The quantitative estimate of drug-likeness (QED) is 0.0760. The summed E-state index contributed by atoms with van der Waals surface area (Å²) in [5.74, 6) is -1.48. The number of phenols is 2. The van der Waals surface area contributed by atoms with Crippen LogP contribution in [0, 0.1) is 0 Å². The average Bonchev–Trinajstić information content (AvgIpc) is 3.48. The summed E-state index contributed by atoms with van der Waals surface area (Å²) >= 11 is 0. The van der Waals surface area contributed by atoms with Gasteiger partial charge in [-0.05, 0) is 73.9 Å². The fourth-order valence-electron chi connectivity index (χ4n) is 4.99. The second-order valence-corrected chi connectivity index (χ2v) is 10.7. The Morgan fingerprint density at radius 3 is 2.19 bits per heavy atom. The predicted octanol–water partition coefficient (Wildman–Crippen LogP) is -0.359. The molecule has 13 nitrogen and oxygen atoms in total. The van der Waals surface area contributed by atoms with Gasteiger partial charge >= 0.3 is 0 Å². The number of aliphatic hydroxyl groups excluding tert-OH is 2. The first-order chi connectivity index (χ1) is 20.6. The van der Waals surface area contributed by atoms with Gasteiger partial charge in [0.15, 0.2) is 5.96 Å². The molecule has 1 fully saturated rings. The number of nitrogens with zero attached hydrogens (tertiary/aromatic N) is 2. The van der Waals surface area contributed by atoms with Crippen LogP contribution in [0.3, 0.4) is 0 Å². The van der Waals surface area contributed by atoms with Crippen molar-refractivity contribution in [3.8, 4) is 11.5 Å². The monoisotopic (exact) mass is 598 g/mol. The molecule has 234 valence electrons.